The molecule has 6 nitrogen and oxygen atoms in total. The van der Waals surface area contributed by atoms with Gasteiger partial charge in [-0.3, -0.25) is 4.79 Å². The number of carbonyl (C=O) groups excluding carboxylic acids is 1. The molecule has 0 bridgehead atoms. The first-order valence-corrected chi connectivity index (χ1v) is 11.0. The second-order valence-electron chi connectivity index (χ2n) is 6.96. The van der Waals surface area contributed by atoms with E-state index in [1.807, 2.05) is 50.2 Å². The Balaban J connectivity index is 2.02. The monoisotopic (exact) mass is 467 g/mol. The van der Waals surface area contributed by atoms with Gasteiger partial charge in [0.2, 0.25) is 5.91 Å². The molecule has 0 spiro atoms. The predicted molar refractivity (Wildman–Crippen MR) is 127 cm³/mol. The van der Waals surface area contributed by atoms with Crippen LogP contribution in [0.5, 0.6) is 11.5 Å². The second kappa shape index (κ2) is 10.4. The first kappa shape index (κ1) is 23.5. The second-order valence-corrected chi connectivity index (χ2v) is 8.46. The molecule has 164 valence electrons. The van der Waals surface area contributed by atoms with Gasteiger partial charge in [0, 0.05) is 17.8 Å². The predicted octanol–water partition coefficient (Wildman–Crippen LogP) is 5.71. The van der Waals surface area contributed by atoms with E-state index in [9.17, 15) is 10.1 Å². The Morgan fingerprint density at radius 3 is 2.44 bits per heavy atom. The number of pyridine rings is 1. The molecule has 1 atom stereocenters. The van der Waals surface area contributed by atoms with Crippen LogP contribution in [-0.4, -0.2) is 25.1 Å². The quantitative estimate of drug-likeness (QED) is 0.448. The van der Waals surface area contributed by atoms with Gasteiger partial charge in [0.05, 0.1) is 30.5 Å². The van der Waals surface area contributed by atoms with Gasteiger partial charge in [-0.05, 0) is 31.0 Å². The van der Waals surface area contributed by atoms with E-state index in [2.05, 4.69) is 16.4 Å². The highest BCUT2D eigenvalue weighted by atomic mass is 35.5. The number of aromatic nitrogens is 1. The van der Waals surface area contributed by atoms with Crippen LogP contribution in [0.2, 0.25) is 5.02 Å². The summed E-state index contributed by atoms with van der Waals surface area (Å²) in [5.74, 6) is 0.520. The van der Waals surface area contributed by atoms with Gasteiger partial charge in [-0.15, -0.1) is 0 Å². The molecule has 0 aliphatic heterocycles. The van der Waals surface area contributed by atoms with Crippen LogP contribution in [0.1, 0.15) is 27.6 Å². The molecule has 32 heavy (non-hydrogen) atoms. The molecule has 0 aliphatic carbocycles. The average Bonchev–Trinajstić information content (AvgIpc) is 2.78. The summed E-state index contributed by atoms with van der Waals surface area (Å²) in [7, 11) is 2.99. The number of aryl methyl sites for hydroxylation is 2. The number of thioether (sulfide) groups is 1. The maximum atomic E-state index is 13.5. The molecule has 0 aliphatic rings. The number of methoxy groups -OCH3 is 2. The molecule has 1 N–H and O–H groups in total. The number of hydrogen-bond acceptors (Lipinski definition) is 6. The van der Waals surface area contributed by atoms with Gasteiger partial charge >= 0.3 is 0 Å². The lowest BCUT2D eigenvalue weighted by Crippen LogP contribution is -2.20. The molecule has 0 saturated carbocycles. The fraction of sp³-hybridized carbons (Fsp3) is 0.208. The molecule has 1 amide bonds. The summed E-state index contributed by atoms with van der Waals surface area (Å²) >= 11 is 7.42. The van der Waals surface area contributed by atoms with Gasteiger partial charge in [-0.25, -0.2) is 4.98 Å². The minimum absolute atomic E-state index is 0.297. The number of halogens is 1. The van der Waals surface area contributed by atoms with Gasteiger partial charge in [0.15, 0.2) is 0 Å². The number of benzene rings is 2. The maximum Gasteiger partial charge on any atom is 0.242 e. The summed E-state index contributed by atoms with van der Waals surface area (Å²) in [5, 5.41) is 12.8. The van der Waals surface area contributed by atoms with Gasteiger partial charge in [0.25, 0.3) is 0 Å². The molecule has 2 aromatic carbocycles. The number of amides is 1. The van der Waals surface area contributed by atoms with Crippen LogP contribution in [0.15, 0.2) is 53.6 Å². The minimum atomic E-state index is -0.664. The fourth-order valence-electron chi connectivity index (χ4n) is 3.19. The molecular formula is C24H22ClN3O3S. The smallest absolute Gasteiger partial charge is 0.242 e. The average molecular weight is 468 g/mol. The minimum Gasteiger partial charge on any atom is -0.495 e. The summed E-state index contributed by atoms with van der Waals surface area (Å²) in [6.07, 6.45) is 0. The molecule has 3 aromatic rings. The van der Waals surface area contributed by atoms with Crippen molar-refractivity contribution in [1.29, 1.82) is 5.26 Å². The normalized spacial score (nSPS) is 11.4. The van der Waals surface area contributed by atoms with E-state index in [1.165, 1.54) is 26.0 Å². The lowest BCUT2D eigenvalue weighted by Gasteiger charge is -2.19. The highest BCUT2D eigenvalue weighted by Crippen LogP contribution is 2.40. The standard InChI is InChI=1S/C24H22ClN3O3S/c1-14-10-15(2)27-24(17(14)13-26)32-22(16-8-6-5-7-9-16)23(29)28-19-12-20(30-3)18(25)11-21(19)31-4/h5-12,22H,1-4H3,(H,28,29)/t22-/m0/s1. The van der Waals surface area contributed by atoms with Crippen LogP contribution in [0, 0.1) is 25.2 Å². The highest BCUT2D eigenvalue weighted by molar-refractivity contribution is 8.00. The third-order valence-electron chi connectivity index (χ3n) is 4.73. The largest absolute Gasteiger partial charge is 0.495 e. The molecule has 0 saturated heterocycles. The van der Waals surface area contributed by atoms with Gasteiger partial charge in [-0.1, -0.05) is 53.7 Å². The lowest BCUT2D eigenvalue weighted by atomic mass is 10.1. The molecule has 0 fully saturated rings. The molecule has 0 unspecified atom stereocenters. The zero-order chi connectivity index (χ0) is 23.3. The van der Waals surface area contributed by atoms with Crippen LogP contribution in [0.3, 0.4) is 0 Å². The van der Waals surface area contributed by atoms with Crippen molar-refractivity contribution in [3.8, 4) is 17.6 Å². The van der Waals surface area contributed by atoms with Crippen molar-refractivity contribution in [2.75, 3.05) is 19.5 Å². The van der Waals surface area contributed by atoms with E-state index in [1.54, 1.807) is 12.1 Å². The summed E-state index contributed by atoms with van der Waals surface area (Å²) in [6.45, 7) is 3.72. The first-order chi connectivity index (χ1) is 15.4. The van der Waals surface area contributed by atoms with Gasteiger partial charge in [-0.2, -0.15) is 5.26 Å². The zero-order valence-electron chi connectivity index (χ0n) is 18.1. The van der Waals surface area contributed by atoms with Gasteiger partial charge < -0.3 is 14.8 Å². The zero-order valence-corrected chi connectivity index (χ0v) is 19.7. The van der Waals surface area contributed by atoms with Crippen LogP contribution in [0.25, 0.3) is 0 Å². The van der Waals surface area contributed by atoms with Crippen LogP contribution < -0.4 is 14.8 Å². The Morgan fingerprint density at radius 2 is 1.81 bits per heavy atom. The Bertz CT molecular complexity index is 1180. The van der Waals surface area contributed by atoms with Gasteiger partial charge in [0.1, 0.15) is 27.8 Å². The topological polar surface area (TPSA) is 84.2 Å². The van der Waals surface area contributed by atoms with E-state index in [4.69, 9.17) is 21.1 Å². The number of hydrogen-bond donors (Lipinski definition) is 1. The molecule has 1 heterocycles. The number of ether oxygens (including phenoxy) is 2. The number of rotatable bonds is 7. The summed E-state index contributed by atoms with van der Waals surface area (Å²) in [6, 6.07) is 16.6. The van der Waals surface area contributed by atoms with Crippen LogP contribution in [-0.2, 0) is 4.79 Å². The van der Waals surface area contributed by atoms with Crippen molar-refractivity contribution in [2.45, 2.75) is 24.1 Å². The molecule has 3 rings (SSSR count). The maximum absolute atomic E-state index is 13.5. The van der Waals surface area contributed by atoms with Crippen LogP contribution >= 0.6 is 23.4 Å². The van der Waals surface area contributed by atoms with Crippen molar-refractivity contribution in [3.63, 3.8) is 0 Å². The third-order valence-corrected chi connectivity index (χ3v) is 6.26. The number of nitrogens with zero attached hydrogens (tertiary/aromatic N) is 2. The van der Waals surface area contributed by atoms with E-state index in [0.717, 1.165) is 16.8 Å². The Labute approximate surface area is 196 Å². The first-order valence-electron chi connectivity index (χ1n) is 9.70. The van der Waals surface area contributed by atoms with Crippen molar-refractivity contribution in [1.82, 2.24) is 4.98 Å². The molecule has 8 heteroatoms. The lowest BCUT2D eigenvalue weighted by molar-refractivity contribution is -0.115. The van der Waals surface area contributed by atoms with Crippen molar-refractivity contribution in [2.24, 2.45) is 0 Å². The number of anilines is 1. The Morgan fingerprint density at radius 1 is 1.12 bits per heavy atom. The molecular weight excluding hydrogens is 446 g/mol. The van der Waals surface area contributed by atoms with Crippen molar-refractivity contribution >= 4 is 35.0 Å². The molecule has 1 aromatic heterocycles. The van der Waals surface area contributed by atoms with E-state index in [-0.39, 0.29) is 5.91 Å². The van der Waals surface area contributed by atoms with Crippen LogP contribution in [0.4, 0.5) is 5.69 Å². The summed E-state index contributed by atoms with van der Waals surface area (Å²) in [5.41, 5.74) is 3.26. The van der Waals surface area contributed by atoms with E-state index in [0.29, 0.717) is 32.8 Å². The molecule has 0 radical (unpaired) electrons. The van der Waals surface area contributed by atoms with E-state index < -0.39 is 5.25 Å². The van der Waals surface area contributed by atoms with Crippen molar-refractivity contribution < 1.29 is 14.3 Å². The summed E-state index contributed by atoms with van der Waals surface area (Å²) < 4.78 is 10.7. The summed E-state index contributed by atoms with van der Waals surface area (Å²) in [4.78, 5) is 18.0. The fourth-order valence-corrected chi connectivity index (χ4v) is 4.63. The van der Waals surface area contributed by atoms with Crippen molar-refractivity contribution in [3.05, 3.63) is 75.9 Å². The SMILES string of the molecule is COc1cc(NC(=O)[C@@H](Sc2nc(C)cc(C)c2C#N)c2ccccc2)c(OC)cc1Cl. The Hall–Kier alpha value is -3.21. The number of nitrogens with one attached hydrogen (secondary N) is 1. The number of carbonyl (C=O) groups is 1. The van der Waals surface area contributed by atoms with E-state index >= 15 is 0 Å². The Kier molecular flexibility index (Phi) is 7.62. The highest BCUT2D eigenvalue weighted by Gasteiger charge is 2.26. The number of nitriles is 1. The third kappa shape index (κ3) is 5.16.